The fourth-order valence-corrected chi connectivity index (χ4v) is 2.25. The second kappa shape index (κ2) is 6.64. The Morgan fingerprint density at radius 1 is 1.47 bits per heavy atom. The molecule has 4 heteroatoms. The van der Waals surface area contributed by atoms with E-state index in [1.165, 1.54) is 5.56 Å². The number of rotatable bonds is 6. The van der Waals surface area contributed by atoms with Crippen molar-refractivity contribution in [2.45, 2.75) is 26.3 Å². The van der Waals surface area contributed by atoms with Crippen LogP contribution in [0.3, 0.4) is 0 Å². The fraction of sp³-hybridized carbons (Fsp3) is 0.462. The summed E-state index contributed by atoms with van der Waals surface area (Å²) in [5, 5.41) is 2.85. The normalized spacial score (nSPS) is 12.3. The topological polar surface area (TPSA) is 38.3 Å². The van der Waals surface area contributed by atoms with Gasteiger partial charge in [-0.15, -0.1) is 0 Å². The molecule has 1 amide bonds. The molecular formula is C13H18BrNO2. The first kappa shape index (κ1) is 14.0. The summed E-state index contributed by atoms with van der Waals surface area (Å²) >= 11 is 3.46. The van der Waals surface area contributed by atoms with Crippen molar-refractivity contribution < 1.29 is 9.53 Å². The molecule has 0 heterocycles. The number of nitrogens with one attached hydrogen (secondary N) is 1. The zero-order chi connectivity index (χ0) is 12.8. The summed E-state index contributed by atoms with van der Waals surface area (Å²) in [5.41, 5.74) is 1.17. The number of hydrogen-bond acceptors (Lipinski definition) is 2. The van der Waals surface area contributed by atoms with Crippen LogP contribution in [0.15, 0.2) is 22.7 Å². The number of amides is 1. The van der Waals surface area contributed by atoms with Crippen LogP contribution in [-0.4, -0.2) is 19.6 Å². The van der Waals surface area contributed by atoms with Gasteiger partial charge < -0.3 is 10.1 Å². The standard InChI is InChI=1S/C13H18BrNO2/c1-9(2)12(15-8-16)7-10-4-5-13(17-3)11(14)6-10/h4-6,8-9,12H,7H2,1-3H3,(H,15,16). The third kappa shape index (κ3) is 4.04. The Labute approximate surface area is 111 Å². The molecule has 0 radical (unpaired) electrons. The minimum absolute atomic E-state index is 0.160. The van der Waals surface area contributed by atoms with Crippen molar-refractivity contribution in [3.63, 3.8) is 0 Å². The Kier molecular flexibility index (Phi) is 5.48. The average Bonchev–Trinajstić information content (AvgIpc) is 2.28. The molecule has 0 spiro atoms. The van der Waals surface area contributed by atoms with Gasteiger partial charge in [-0.2, -0.15) is 0 Å². The number of ether oxygens (including phenoxy) is 1. The van der Waals surface area contributed by atoms with Gasteiger partial charge in [-0.1, -0.05) is 19.9 Å². The Morgan fingerprint density at radius 3 is 2.65 bits per heavy atom. The van der Waals surface area contributed by atoms with E-state index in [1.807, 2.05) is 18.2 Å². The number of carbonyl (C=O) groups excluding carboxylic acids is 1. The van der Waals surface area contributed by atoms with Gasteiger partial charge in [0.05, 0.1) is 11.6 Å². The Bertz CT molecular complexity index is 380. The first-order chi connectivity index (χ1) is 8.08. The fourth-order valence-electron chi connectivity index (χ4n) is 1.67. The maximum Gasteiger partial charge on any atom is 0.207 e. The molecule has 3 nitrogen and oxygen atoms in total. The molecule has 94 valence electrons. The zero-order valence-electron chi connectivity index (χ0n) is 10.4. The highest BCUT2D eigenvalue weighted by atomic mass is 79.9. The molecule has 0 aliphatic heterocycles. The molecule has 0 bridgehead atoms. The summed E-state index contributed by atoms with van der Waals surface area (Å²) in [6, 6.07) is 6.14. The van der Waals surface area contributed by atoms with E-state index in [0.717, 1.165) is 23.1 Å². The first-order valence-corrected chi connectivity index (χ1v) is 6.40. The SMILES string of the molecule is COc1ccc(CC(NC=O)C(C)C)cc1Br. The molecule has 1 rings (SSSR count). The maximum atomic E-state index is 10.5. The predicted molar refractivity (Wildman–Crippen MR) is 72.2 cm³/mol. The quantitative estimate of drug-likeness (QED) is 0.820. The van der Waals surface area contributed by atoms with Crippen LogP contribution in [0.4, 0.5) is 0 Å². The Balaban J connectivity index is 2.79. The van der Waals surface area contributed by atoms with Crippen molar-refractivity contribution in [2.24, 2.45) is 5.92 Å². The van der Waals surface area contributed by atoms with Gasteiger partial charge >= 0.3 is 0 Å². The van der Waals surface area contributed by atoms with Crippen LogP contribution in [0, 0.1) is 5.92 Å². The monoisotopic (exact) mass is 299 g/mol. The zero-order valence-corrected chi connectivity index (χ0v) is 12.0. The molecule has 0 saturated heterocycles. The number of carbonyl (C=O) groups is 1. The van der Waals surface area contributed by atoms with Crippen molar-refractivity contribution >= 4 is 22.3 Å². The minimum atomic E-state index is 0.160. The van der Waals surface area contributed by atoms with Gasteiger partial charge in [-0.05, 0) is 46.0 Å². The first-order valence-electron chi connectivity index (χ1n) is 5.60. The van der Waals surface area contributed by atoms with Crippen LogP contribution >= 0.6 is 15.9 Å². The third-order valence-corrected chi connectivity index (χ3v) is 3.38. The van der Waals surface area contributed by atoms with E-state index in [4.69, 9.17) is 4.74 Å². The molecular weight excluding hydrogens is 282 g/mol. The van der Waals surface area contributed by atoms with E-state index >= 15 is 0 Å². The molecule has 1 unspecified atom stereocenters. The number of benzene rings is 1. The van der Waals surface area contributed by atoms with Crippen molar-refractivity contribution in [3.05, 3.63) is 28.2 Å². The lowest BCUT2D eigenvalue weighted by atomic mass is 9.96. The van der Waals surface area contributed by atoms with Crippen LogP contribution < -0.4 is 10.1 Å². The number of methoxy groups -OCH3 is 1. The lowest BCUT2D eigenvalue weighted by Crippen LogP contribution is -2.34. The van der Waals surface area contributed by atoms with Gasteiger partial charge in [-0.3, -0.25) is 4.79 Å². The average molecular weight is 300 g/mol. The predicted octanol–water partition coefficient (Wildman–Crippen LogP) is 2.77. The molecule has 0 aliphatic carbocycles. The summed E-state index contributed by atoms with van der Waals surface area (Å²) in [4.78, 5) is 10.5. The molecule has 0 saturated carbocycles. The van der Waals surface area contributed by atoms with Crippen LogP contribution in [0.5, 0.6) is 5.75 Å². The lowest BCUT2D eigenvalue weighted by molar-refractivity contribution is -0.110. The molecule has 17 heavy (non-hydrogen) atoms. The summed E-state index contributed by atoms with van der Waals surface area (Å²) in [6.07, 6.45) is 1.59. The largest absolute Gasteiger partial charge is 0.496 e. The number of hydrogen-bond donors (Lipinski definition) is 1. The van der Waals surface area contributed by atoms with Crippen LogP contribution in [0.25, 0.3) is 0 Å². The minimum Gasteiger partial charge on any atom is -0.496 e. The van der Waals surface area contributed by atoms with E-state index in [2.05, 4.69) is 35.1 Å². The smallest absolute Gasteiger partial charge is 0.207 e. The summed E-state index contributed by atoms with van der Waals surface area (Å²) < 4.78 is 6.12. The van der Waals surface area contributed by atoms with E-state index in [-0.39, 0.29) is 6.04 Å². The van der Waals surface area contributed by atoms with E-state index in [1.54, 1.807) is 7.11 Å². The summed E-state index contributed by atoms with van der Waals surface area (Å²) in [7, 11) is 1.64. The van der Waals surface area contributed by atoms with E-state index < -0.39 is 0 Å². The number of halogens is 1. The summed E-state index contributed by atoms with van der Waals surface area (Å²) in [5.74, 6) is 1.22. The van der Waals surface area contributed by atoms with Gasteiger partial charge in [0.2, 0.25) is 6.41 Å². The molecule has 1 N–H and O–H groups in total. The molecule has 1 atom stereocenters. The van der Waals surface area contributed by atoms with Crippen molar-refractivity contribution in [3.8, 4) is 5.75 Å². The van der Waals surface area contributed by atoms with Gasteiger partial charge in [0.25, 0.3) is 0 Å². The highest BCUT2D eigenvalue weighted by Crippen LogP contribution is 2.26. The highest BCUT2D eigenvalue weighted by molar-refractivity contribution is 9.10. The molecule has 0 aliphatic rings. The van der Waals surface area contributed by atoms with Crippen LogP contribution in [-0.2, 0) is 11.2 Å². The molecule has 0 fully saturated rings. The molecule has 1 aromatic carbocycles. The lowest BCUT2D eigenvalue weighted by Gasteiger charge is -2.20. The highest BCUT2D eigenvalue weighted by Gasteiger charge is 2.13. The van der Waals surface area contributed by atoms with E-state index in [9.17, 15) is 4.79 Å². The second-order valence-electron chi connectivity index (χ2n) is 4.31. The Morgan fingerprint density at radius 2 is 2.18 bits per heavy atom. The van der Waals surface area contributed by atoms with Crippen molar-refractivity contribution in [2.75, 3.05) is 7.11 Å². The van der Waals surface area contributed by atoms with Gasteiger partial charge in [0, 0.05) is 6.04 Å². The van der Waals surface area contributed by atoms with Gasteiger partial charge in [-0.25, -0.2) is 0 Å². The van der Waals surface area contributed by atoms with Crippen LogP contribution in [0.1, 0.15) is 19.4 Å². The third-order valence-electron chi connectivity index (χ3n) is 2.76. The Hall–Kier alpha value is -1.03. The van der Waals surface area contributed by atoms with E-state index in [0.29, 0.717) is 5.92 Å². The summed E-state index contributed by atoms with van der Waals surface area (Å²) in [6.45, 7) is 4.19. The van der Waals surface area contributed by atoms with Crippen molar-refractivity contribution in [1.82, 2.24) is 5.32 Å². The van der Waals surface area contributed by atoms with Crippen molar-refractivity contribution in [1.29, 1.82) is 0 Å². The van der Waals surface area contributed by atoms with Gasteiger partial charge in [0.1, 0.15) is 5.75 Å². The van der Waals surface area contributed by atoms with Gasteiger partial charge in [0.15, 0.2) is 0 Å². The second-order valence-corrected chi connectivity index (χ2v) is 5.16. The van der Waals surface area contributed by atoms with Crippen LogP contribution in [0.2, 0.25) is 0 Å². The molecule has 0 aromatic heterocycles. The molecule has 1 aromatic rings. The maximum absolute atomic E-state index is 10.5.